The second-order valence-electron chi connectivity index (χ2n) is 3.02. The van der Waals surface area contributed by atoms with Crippen molar-refractivity contribution in [3.63, 3.8) is 0 Å². The second kappa shape index (κ2) is 5.98. The number of nitrogens with two attached hydrogens (primary N) is 1. The first-order valence-corrected chi connectivity index (χ1v) is 5.82. The highest BCUT2D eigenvalue weighted by atomic mass is 79.9. The van der Waals surface area contributed by atoms with Gasteiger partial charge in [0.1, 0.15) is 0 Å². The van der Waals surface area contributed by atoms with Crippen molar-refractivity contribution in [2.45, 2.75) is 13.3 Å². The highest BCUT2D eigenvalue weighted by Crippen LogP contribution is 2.25. The molecule has 1 aromatic rings. The molecule has 0 aliphatic heterocycles. The zero-order chi connectivity index (χ0) is 11.3. The Labute approximate surface area is 103 Å². The van der Waals surface area contributed by atoms with Crippen LogP contribution in [0.15, 0.2) is 27.7 Å². The van der Waals surface area contributed by atoms with E-state index in [0.717, 1.165) is 16.6 Å². The maximum atomic E-state index is 6.00. The van der Waals surface area contributed by atoms with E-state index in [2.05, 4.69) is 26.2 Å². The average molecular weight is 291 g/mol. The molecule has 1 rings (SSSR count). The zero-order valence-electron chi connectivity index (χ0n) is 8.43. The third-order valence-electron chi connectivity index (χ3n) is 1.70. The minimum atomic E-state index is 0.390. The van der Waals surface area contributed by atoms with Crippen LogP contribution in [0.1, 0.15) is 13.3 Å². The number of guanidine groups is 1. The maximum Gasteiger partial charge on any atom is 0.193 e. The lowest BCUT2D eigenvalue weighted by atomic mass is 10.3. The maximum absolute atomic E-state index is 6.00. The first-order valence-electron chi connectivity index (χ1n) is 4.65. The van der Waals surface area contributed by atoms with Gasteiger partial charge in [-0.05, 0) is 24.6 Å². The van der Waals surface area contributed by atoms with Crippen molar-refractivity contribution in [2.24, 2.45) is 10.7 Å². The van der Waals surface area contributed by atoms with E-state index in [9.17, 15) is 0 Å². The summed E-state index contributed by atoms with van der Waals surface area (Å²) in [6, 6.07) is 5.54. The van der Waals surface area contributed by atoms with Crippen molar-refractivity contribution >= 4 is 39.2 Å². The highest BCUT2D eigenvalue weighted by Gasteiger charge is 2.01. The molecule has 0 aliphatic rings. The first kappa shape index (κ1) is 12.3. The predicted molar refractivity (Wildman–Crippen MR) is 69.6 cm³/mol. The summed E-state index contributed by atoms with van der Waals surface area (Å²) in [4.78, 5) is 4.11. The van der Waals surface area contributed by atoms with Gasteiger partial charge in [0.05, 0.1) is 10.7 Å². The quantitative estimate of drug-likeness (QED) is 0.663. The molecule has 15 heavy (non-hydrogen) atoms. The van der Waals surface area contributed by atoms with Gasteiger partial charge in [-0.2, -0.15) is 0 Å². The monoisotopic (exact) mass is 289 g/mol. The Morgan fingerprint density at radius 1 is 1.60 bits per heavy atom. The van der Waals surface area contributed by atoms with Crippen LogP contribution in [0.2, 0.25) is 5.02 Å². The van der Waals surface area contributed by atoms with Gasteiger partial charge in [0.25, 0.3) is 0 Å². The Morgan fingerprint density at radius 2 is 2.33 bits per heavy atom. The fourth-order valence-corrected chi connectivity index (χ4v) is 1.72. The first-order chi connectivity index (χ1) is 7.13. The number of rotatable bonds is 3. The minimum absolute atomic E-state index is 0.390. The molecule has 0 fully saturated rings. The topological polar surface area (TPSA) is 50.4 Å². The Morgan fingerprint density at radius 3 is 2.93 bits per heavy atom. The van der Waals surface area contributed by atoms with Crippen LogP contribution in [0, 0.1) is 0 Å². The van der Waals surface area contributed by atoms with Crippen molar-refractivity contribution < 1.29 is 0 Å². The standard InChI is InChI=1S/C10H13BrClN3/c1-2-5-14-10(13)15-9-4-3-7(11)6-8(9)12/h3-4,6H,2,5H2,1H3,(H3,13,14,15). The van der Waals surface area contributed by atoms with E-state index >= 15 is 0 Å². The molecule has 1 aromatic carbocycles. The van der Waals surface area contributed by atoms with E-state index in [4.69, 9.17) is 17.3 Å². The molecule has 3 nitrogen and oxygen atoms in total. The molecule has 0 bridgehead atoms. The molecule has 0 spiro atoms. The zero-order valence-corrected chi connectivity index (χ0v) is 10.8. The lowest BCUT2D eigenvalue weighted by molar-refractivity contribution is 0.929. The Kier molecular flexibility index (Phi) is 4.91. The number of anilines is 1. The van der Waals surface area contributed by atoms with Crippen LogP contribution >= 0.6 is 27.5 Å². The molecule has 0 amide bonds. The molecule has 0 radical (unpaired) electrons. The van der Waals surface area contributed by atoms with Gasteiger partial charge in [-0.3, -0.25) is 4.99 Å². The Bertz CT molecular complexity index is 366. The molecular weight excluding hydrogens is 277 g/mol. The Balaban J connectivity index is 2.72. The summed E-state index contributed by atoms with van der Waals surface area (Å²) < 4.78 is 0.933. The van der Waals surface area contributed by atoms with Gasteiger partial charge in [0.15, 0.2) is 5.96 Å². The second-order valence-corrected chi connectivity index (χ2v) is 4.34. The number of aliphatic imine (C=N–C) groups is 1. The van der Waals surface area contributed by atoms with Crippen LogP contribution in [0.5, 0.6) is 0 Å². The Hall–Kier alpha value is -0.740. The number of hydrogen-bond acceptors (Lipinski definition) is 1. The number of nitrogens with zero attached hydrogens (tertiary/aromatic N) is 1. The summed E-state index contributed by atoms with van der Waals surface area (Å²) in [5.41, 5.74) is 6.43. The number of hydrogen-bond donors (Lipinski definition) is 2. The van der Waals surface area contributed by atoms with E-state index in [-0.39, 0.29) is 0 Å². The third kappa shape index (κ3) is 4.10. The minimum Gasteiger partial charge on any atom is -0.370 e. The summed E-state index contributed by atoms with van der Waals surface area (Å²) in [6.45, 7) is 2.76. The number of halogens is 2. The van der Waals surface area contributed by atoms with Gasteiger partial charge in [0, 0.05) is 11.0 Å². The van der Waals surface area contributed by atoms with Crippen molar-refractivity contribution in [3.8, 4) is 0 Å². The molecule has 0 unspecified atom stereocenters. The van der Waals surface area contributed by atoms with Gasteiger partial charge in [-0.1, -0.05) is 34.5 Å². The molecule has 82 valence electrons. The van der Waals surface area contributed by atoms with Crippen molar-refractivity contribution in [1.82, 2.24) is 0 Å². The summed E-state index contributed by atoms with van der Waals surface area (Å²) in [6.07, 6.45) is 0.969. The lowest BCUT2D eigenvalue weighted by Crippen LogP contribution is -2.22. The van der Waals surface area contributed by atoms with Crippen LogP contribution in [0.25, 0.3) is 0 Å². The molecule has 5 heteroatoms. The highest BCUT2D eigenvalue weighted by molar-refractivity contribution is 9.10. The summed E-state index contributed by atoms with van der Waals surface area (Å²) in [5, 5.41) is 3.56. The number of benzene rings is 1. The van der Waals surface area contributed by atoms with E-state index < -0.39 is 0 Å². The molecule has 0 heterocycles. The lowest BCUT2D eigenvalue weighted by Gasteiger charge is -2.07. The molecule has 0 aliphatic carbocycles. The van der Waals surface area contributed by atoms with Gasteiger partial charge >= 0.3 is 0 Å². The van der Waals surface area contributed by atoms with E-state index in [1.807, 2.05) is 19.1 Å². The molecule has 0 saturated carbocycles. The average Bonchev–Trinajstić information content (AvgIpc) is 2.19. The normalized spacial score (nSPS) is 11.5. The van der Waals surface area contributed by atoms with E-state index in [1.54, 1.807) is 6.07 Å². The summed E-state index contributed by atoms with van der Waals surface area (Å²) >= 11 is 9.34. The smallest absolute Gasteiger partial charge is 0.193 e. The van der Waals surface area contributed by atoms with Crippen LogP contribution in [-0.4, -0.2) is 12.5 Å². The van der Waals surface area contributed by atoms with Gasteiger partial charge in [-0.15, -0.1) is 0 Å². The van der Waals surface area contributed by atoms with Crippen LogP contribution in [-0.2, 0) is 0 Å². The summed E-state index contributed by atoms with van der Waals surface area (Å²) in [7, 11) is 0. The van der Waals surface area contributed by atoms with Gasteiger partial charge in [0.2, 0.25) is 0 Å². The van der Waals surface area contributed by atoms with Crippen LogP contribution in [0.4, 0.5) is 5.69 Å². The predicted octanol–water partition coefficient (Wildman–Crippen LogP) is 3.24. The van der Waals surface area contributed by atoms with Gasteiger partial charge < -0.3 is 11.1 Å². The van der Waals surface area contributed by atoms with Gasteiger partial charge in [-0.25, -0.2) is 0 Å². The van der Waals surface area contributed by atoms with E-state index in [1.165, 1.54) is 0 Å². The fraction of sp³-hybridized carbons (Fsp3) is 0.300. The molecule has 3 N–H and O–H groups in total. The van der Waals surface area contributed by atoms with Crippen molar-refractivity contribution in [3.05, 3.63) is 27.7 Å². The molecular formula is C10H13BrClN3. The van der Waals surface area contributed by atoms with Crippen LogP contribution < -0.4 is 11.1 Å². The van der Waals surface area contributed by atoms with Crippen molar-refractivity contribution in [2.75, 3.05) is 11.9 Å². The van der Waals surface area contributed by atoms with Crippen molar-refractivity contribution in [1.29, 1.82) is 0 Å². The fourth-order valence-electron chi connectivity index (χ4n) is 1.00. The number of nitrogens with one attached hydrogen (secondary N) is 1. The molecule has 0 saturated heterocycles. The van der Waals surface area contributed by atoms with E-state index in [0.29, 0.717) is 17.5 Å². The third-order valence-corrected chi connectivity index (χ3v) is 2.51. The van der Waals surface area contributed by atoms with Crippen LogP contribution in [0.3, 0.4) is 0 Å². The summed E-state index contributed by atoms with van der Waals surface area (Å²) in [5.74, 6) is 0.390. The molecule has 0 atom stereocenters. The molecule has 0 aromatic heterocycles. The SMILES string of the molecule is CCCN=C(N)Nc1ccc(Br)cc1Cl. The largest absolute Gasteiger partial charge is 0.370 e.